The molecule has 0 amide bonds. The maximum atomic E-state index is 11.6. The van der Waals surface area contributed by atoms with E-state index in [0.29, 0.717) is 6.61 Å². The van der Waals surface area contributed by atoms with Crippen LogP contribution in [0, 0.1) is 17.1 Å². The van der Waals surface area contributed by atoms with E-state index in [2.05, 4.69) is 10.9 Å². The summed E-state index contributed by atoms with van der Waals surface area (Å²) in [6.07, 6.45) is 4.36. The summed E-state index contributed by atoms with van der Waals surface area (Å²) in [6.45, 7) is 0.526. The van der Waals surface area contributed by atoms with Gasteiger partial charge in [-0.25, -0.2) is 0 Å². The number of aromatic amines is 1. The van der Waals surface area contributed by atoms with E-state index >= 15 is 0 Å². The molecule has 4 rings (SSSR count). The molecular weight excluding hydrogens is 440 g/mol. The predicted molar refractivity (Wildman–Crippen MR) is 125 cm³/mol. The van der Waals surface area contributed by atoms with Crippen molar-refractivity contribution in [3.8, 4) is 12.3 Å². The number of rotatable bonds is 8. The molecule has 7 nitrogen and oxygen atoms in total. The van der Waals surface area contributed by atoms with Crippen molar-refractivity contribution in [3.63, 3.8) is 0 Å². The quantitative estimate of drug-likeness (QED) is 0.394. The highest BCUT2D eigenvalue weighted by atomic mass is 32.1. The van der Waals surface area contributed by atoms with Gasteiger partial charge in [-0.3, -0.25) is 14.3 Å². The number of aromatic nitrogens is 2. The highest BCUT2D eigenvalue weighted by Gasteiger charge is 2.56. The molecule has 1 saturated heterocycles. The topological polar surface area (TPSA) is 85.7 Å². The maximum absolute atomic E-state index is 11.6. The number of aliphatic hydroxyl groups excluding tert-OH is 1. The number of hydrogen-bond acceptors (Lipinski definition) is 6. The van der Waals surface area contributed by atoms with Gasteiger partial charge >= 0.3 is 0 Å². The number of terminal acetylenes is 1. The average Bonchev–Trinajstić information content (AvgIpc) is 3.10. The lowest BCUT2D eigenvalue weighted by Gasteiger charge is -2.29. The zero-order valence-electron chi connectivity index (χ0n) is 17.8. The first-order chi connectivity index (χ1) is 16.0. The predicted octanol–water partition coefficient (Wildman–Crippen LogP) is 2.97. The molecule has 1 aliphatic rings. The van der Waals surface area contributed by atoms with E-state index in [4.69, 9.17) is 32.9 Å². The monoisotopic (exact) mass is 464 g/mol. The Bertz CT molecular complexity index is 1220. The van der Waals surface area contributed by atoms with Crippen LogP contribution in [-0.4, -0.2) is 39.1 Å². The zero-order valence-corrected chi connectivity index (χ0v) is 18.6. The highest BCUT2D eigenvalue weighted by molar-refractivity contribution is 7.71. The summed E-state index contributed by atoms with van der Waals surface area (Å²) in [4.78, 5) is 14.1. The Balaban J connectivity index is 1.60. The molecule has 2 heterocycles. The molecule has 0 bridgehead atoms. The number of nitrogens with zero attached hydrogens (tertiary/aromatic N) is 1. The van der Waals surface area contributed by atoms with Gasteiger partial charge in [0.25, 0.3) is 5.56 Å². The number of nitrogens with one attached hydrogen (secondary N) is 1. The fourth-order valence-corrected chi connectivity index (χ4v) is 4.05. The Kier molecular flexibility index (Phi) is 7.18. The summed E-state index contributed by atoms with van der Waals surface area (Å²) in [5, 5.41) is 11.2. The molecule has 33 heavy (non-hydrogen) atoms. The normalized spacial score (nSPS) is 24.4. The molecule has 1 fully saturated rings. The molecule has 8 heteroatoms. The second-order valence-electron chi connectivity index (χ2n) is 7.75. The second kappa shape index (κ2) is 10.3. The summed E-state index contributed by atoms with van der Waals surface area (Å²) in [6, 6.07) is 20.5. The minimum atomic E-state index is -1.38. The van der Waals surface area contributed by atoms with Crippen molar-refractivity contribution in [2.24, 2.45) is 0 Å². The zero-order chi connectivity index (χ0) is 23.3. The van der Waals surface area contributed by atoms with Crippen molar-refractivity contribution >= 4 is 12.2 Å². The number of hydrogen-bond donors (Lipinski definition) is 2. The number of aliphatic hydroxyl groups is 1. The van der Waals surface area contributed by atoms with Gasteiger partial charge in [0, 0.05) is 12.3 Å². The van der Waals surface area contributed by atoms with Crippen molar-refractivity contribution < 1.29 is 19.3 Å². The Morgan fingerprint density at radius 2 is 1.73 bits per heavy atom. The van der Waals surface area contributed by atoms with Gasteiger partial charge in [0.2, 0.25) is 0 Å². The standard InChI is InChI=1S/C25H24N2O5S/c1-2-25(17-30-15-18-9-5-3-6-10-18)22(31-16-19-11-7-4-8-12-19)21(29)23(32-25)27-14-13-20(28)26-24(27)33/h1,3-14,21-23,29H,15-17H2,(H,26,28,33)/t21-,22+,23-,25-/m1/s1. The Morgan fingerprint density at radius 3 is 2.33 bits per heavy atom. The van der Waals surface area contributed by atoms with Crippen LogP contribution in [0.4, 0.5) is 0 Å². The minimum Gasteiger partial charge on any atom is -0.386 e. The molecule has 3 aromatic rings. The van der Waals surface area contributed by atoms with Gasteiger partial charge in [0.15, 0.2) is 16.6 Å². The van der Waals surface area contributed by atoms with E-state index in [1.54, 1.807) is 0 Å². The average molecular weight is 465 g/mol. The summed E-state index contributed by atoms with van der Waals surface area (Å²) in [7, 11) is 0. The van der Waals surface area contributed by atoms with E-state index in [1.165, 1.54) is 16.8 Å². The van der Waals surface area contributed by atoms with Crippen LogP contribution in [0.25, 0.3) is 0 Å². The SMILES string of the molecule is C#C[C@]1(COCc2ccccc2)O[C@@H](n2ccc(=O)[nH]c2=S)[C@H](O)[C@@H]1OCc1ccccc1. The Labute approximate surface area is 196 Å². The van der Waals surface area contributed by atoms with Crippen molar-refractivity contribution in [1.82, 2.24) is 9.55 Å². The summed E-state index contributed by atoms with van der Waals surface area (Å²) in [5.41, 5.74) is 0.169. The summed E-state index contributed by atoms with van der Waals surface area (Å²) >= 11 is 5.26. The number of ether oxygens (including phenoxy) is 3. The molecule has 1 aliphatic heterocycles. The molecular formula is C25H24N2O5S. The highest BCUT2D eigenvalue weighted by Crippen LogP contribution is 2.39. The van der Waals surface area contributed by atoms with Crippen LogP contribution in [0.3, 0.4) is 0 Å². The number of H-pyrrole nitrogens is 1. The van der Waals surface area contributed by atoms with Crippen LogP contribution < -0.4 is 5.56 Å². The molecule has 0 spiro atoms. The van der Waals surface area contributed by atoms with Crippen LogP contribution in [0.5, 0.6) is 0 Å². The largest absolute Gasteiger partial charge is 0.386 e. The van der Waals surface area contributed by atoms with Crippen molar-refractivity contribution in [2.45, 2.75) is 37.3 Å². The Hall–Kier alpha value is -3.06. The van der Waals surface area contributed by atoms with E-state index < -0.39 is 24.0 Å². The first kappa shape index (κ1) is 23.1. The fourth-order valence-electron chi connectivity index (χ4n) is 3.79. The van der Waals surface area contributed by atoms with Gasteiger partial charge < -0.3 is 19.3 Å². The van der Waals surface area contributed by atoms with Crippen LogP contribution in [0.1, 0.15) is 17.4 Å². The lowest BCUT2D eigenvalue weighted by Crippen LogP contribution is -2.47. The first-order valence-corrected chi connectivity index (χ1v) is 10.9. The summed E-state index contributed by atoms with van der Waals surface area (Å²) in [5.74, 6) is 2.66. The smallest absolute Gasteiger partial charge is 0.251 e. The van der Waals surface area contributed by atoms with Crippen LogP contribution in [0.2, 0.25) is 0 Å². The van der Waals surface area contributed by atoms with Crippen molar-refractivity contribution in [2.75, 3.05) is 6.61 Å². The van der Waals surface area contributed by atoms with Crippen LogP contribution in [-0.2, 0) is 27.4 Å². The van der Waals surface area contributed by atoms with Gasteiger partial charge in [0.05, 0.1) is 19.8 Å². The van der Waals surface area contributed by atoms with Crippen molar-refractivity contribution in [1.29, 1.82) is 0 Å². The van der Waals surface area contributed by atoms with E-state index in [-0.39, 0.29) is 23.5 Å². The van der Waals surface area contributed by atoms with E-state index in [0.717, 1.165) is 11.1 Å². The molecule has 0 saturated carbocycles. The third kappa shape index (κ3) is 5.14. The second-order valence-corrected chi connectivity index (χ2v) is 8.13. The van der Waals surface area contributed by atoms with Gasteiger partial charge in [0.1, 0.15) is 12.2 Å². The summed E-state index contributed by atoms with van der Waals surface area (Å²) < 4.78 is 19.8. The van der Waals surface area contributed by atoms with Crippen LogP contribution >= 0.6 is 12.2 Å². The van der Waals surface area contributed by atoms with E-state index in [9.17, 15) is 9.90 Å². The Morgan fingerprint density at radius 1 is 1.09 bits per heavy atom. The van der Waals surface area contributed by atoms with Crippen LogP contribution in [0.15, 0.2) is 77.7 Å². The maximum Gasteiger partial charge on any atom is 0.251 e. The van der Waals surface area contributed by atoms with Crippen molar-refractivity contribution in [3.05, 3.63) is 99.2 Å². The first-order valence-electron chi connectivity index (χ1n) is 10.4. The van der Waals surface area contributed by atoms with Gasteiger partial charge in [-0.1, -0.05) is 66.6 Å². The fraction of sp³-hybridized carbons (Fsp3) is 0.280. The van der Waals surface area contributed by atoms with E-state index in [1.807, 2.05) is 60.7 Å². The molecule has 2 N–H and O–H groups in total. The molecule has 2 aromatic carbocycles. The lowest BCUT2D eigenvalue weighted by atomic mass is 9.96. The number of benzene rings is 2. The molecule has 4 atom stereocenters. The third-order valence-electron chi connectivity index (χ3n) is 5.46. The molecule has 0 radical (unpaired) electrons. The molecule has 1 aromatic heterocycles. The molecule has 0 unspecified atom stereocenters. The minimum absolute atomic E-state index is 0.0118. The van der Waals surface area contributed by atoms with Gasteiger partial charge in [-0.05, 0) is 23.3 Å². The van der Waals surface area contributed by atoms with Gasteiger partial charge in [-0.2, -0.15) is 0 Å². The molecule has 170 valence electrons. The lowest BCUT2D eigenvalue weighted by molar-refractivity contribution is -0.124. The molecule has 0 aliphatic carbocycles. The van der Waals surface area contributed by atoms with Gasteiger partial charge in [-0.15, -0.1) is 6.42 Å². The third-order valence-corrected chi connectivity index (χ3v) is 5.78.